The van der Waals surface area contributed by atoms with Crippen LogP contribution in [0.1, 0.15) is 74.0 Å². The third-order valence-corrected chi connectivity index (χ3v) is 7.44. The smallest absolute Gasteiger partial charge is 0.373 e. The number of benzene rings is 1. The van der Waals surface area contributed by atoms with E-state index in [1.807, 2.05) is 12.2 Å². The number of carboxylic acid groups (broad SMARTS) is 2. The van der Waals surface area contributed by atoms with Gasteiger partial charge in [-0.05, 0) is 43.2 Å². The van der Waals surface area contributed by atoms with E-state index in [1.54, 1.807) is 6.07 Å². The summed E-state index contributed by atoms with van der Waals surface area (Å²) >= 11 is 1.31. The number of rotatable bonds is 15. The highest BCUT2D eigenvalue weighted by Crippen LogP contribution is 2.38. The van der Waals surface area contributed by atoms with Crippen molar-refractivity contribution < 1.29 is 19.8 Å². The largest absolute Gasteiger partial charge is 0.481 e. The third-order valence-electron chi connectivity index (χ3n) is 6.24. The van der Waals surface area contributed by atoms with E-state index in [1.165, 1.54) is 55.6 Å². The summed E-state index contributed by atoms with van der Waals surface area (Å²) in [6, 6.07) is 12.3. The molecule has 3 rings (SSSR count). The number of unbranched alkanes of at least 4 members (excludes halogenated alkanes) is 5. The first-order valence-corrected chi connectivity index (χ1v) is 13.3. The summed E-state index contributed by atoms with van der Waals surface area (Å²) in [6.45, 7) is 0. The molecule has 0 bridgehead atoms. The Balaban J connectivity index is 1.47. The lowest BCUT2D eigenvalue weighted by atomic mass is 9.84. The van der Waals surface area contributed by atoms with Gasteiger partial charge in [-0.2, -0.15) is 0 Å². The molecular formula is C28H34N2O4S. The summed E-state index contributed by atoms with van der Waals surface area (Å²) in [5, 5.41) is 18.9. The fourth-order valence-corrected chi connectivity index (χ4v) is 5.67. The van der Waals surface area contributed by atoms with Crippen molar-refractivity contribution in [3.63, 3.8) is 0 Å². The Labute approximate surface area is 211 Å². The van der Waals surface area contributed by atoms with Crippen molar-refractivity contribution in [1.82, 2.24) is 9.97 Å². The molecule has 0 fully saturated rings. The number of thioether (sulfide) groups is 1. The Bertz CT molecular complexity index is 1020. The van der Waals surface area contributed by atoms with Crippen LogP contribution in [0.4, 0.5) is 0 Å². The second-order valence-corrected chi connectivity index (χ2v) is 10.1. The zero-order valence-corrected chi connectivity index (χ0v) is 20.8. The van der Waals surface area contributed by atoms with E-state index in [0.29, 0.717) is 10.9 Å². The number of hydrogen-bond acceptors (Lipinski definition) is 5. The van der Waals surface area contributed by atoms with Gasteiger partial charge in [-0.25, -0.2) is 14.8 Å². The number of carbonyl (C=O) groups is 2. The molecular weight excluding hydrogens is 460 g/mol. The third kappa shape index (κ3) is 9.32. The van der Waals surface area contributed by atoms with Gasteiger partial charge in [0.25, 0.3) is 0 Å². The predicted molar refractivity (Wildman–Crippen MR) is 139 cm³/mol. The fourth-order valence-electron chi connectivity index (χ4n) is 4.46. The normalized spacial score (nSPS) is 16.0. The molecule has 1 aromatic heterocycles. The zero-order chi connectivity index (χ0) is 24.9. The highest BCUT2D eigenvalue weighted by atomic mass is 32.2. The second-order valence-electron chi connectivity index (χ2n) is 8.90. The standard InChI is InChI=1S/C28H34N2O4S/c31-26(32)20-24(35-25-18-19-29-27(30-25)28(33)34)23-17-11-10-16-22(23)15-9-4-2-1-3-6-12-21-13-7-5-8-14-21/h5,7-8,10-11,13-14,17-19,22,24H,1-4,6,9,12,15-16,20H2,(H,31,32)(H,33,34). The lowest BCUT2D eigenvalue weighted by Crippen LogP contribution is -2.20. The first kappa shape index (κ1) is 26.7. The fraction of sp³-hybridized carbons (Fsp3) is 0.429. The van der Waals surface area contributed by atoms with Gasteiger partial charge in [0.15, 0.2) is 0 Å². The van der Waals surface area contributed by atoms with E-state index in [2.05, 4.69) is 46.4 Å². The first-order chi connectivity index (χ1) is 17.0. The lowest BCUT2D eigenvalue weighted by Gasteiger charge is -2.27. The number of aliphatic carboxylic acids is 1. The molecule has 6 nitrogen and oxygen atoms in total. The molecule has 0 aliphatic heterocycles. The summed E-state index contributed by atoms with van der Waals surface area (Å²) in [5.41, 5.74) is 2.52. The van der Waals surface area contributed by atoms with Crippen LogP contribution in [0.2, 0.25) is 0 Å². The SMILES string of the molecule is O=C(O)CC(Sc1ccnc(C(=O)O)n1)C1=CC=CCC1CCCCCCCCc1ccccc1. The molecule has 0 radical (unpaired) electrons. The molecule has 2 aromatic rings. The average molecular weight is 495 g/mol. The van der Waals surface area contributed by atoms with Crippen molar-refractivity contribution >= 4 is 23.7 Å². The summed E-state index contributed by atoms with van der Waals surface area (Å²) in [6.07, 6.45) is 17.9. The maximum absolute atomic E-state index is 11.6. The molecule has 2 N–H and O–H groups in total. The van der Waals surface area contributed by atoms with Gasteiger partial charge in [-0.15, -0.1) is 0 Å². The van der Waals surface area contributed by atoms with Crippen molar-refractivity contribution in [2.24, 2.45) is 5.92 Å². The predicted octanol–water partition coefficient (Wildman–Crippen LogP) is 6.59. The van der Waals surface area contributed by atoms with E-state index in [9.17, 15) is 19.8 Å². The Kier molecular flexibility index (Phi) is 11.0. The molecule has 186 valence electrons. The van der Waals surface area contributed by atoms with Crippen LogP contribution < -0.4 is 0 Å². The van der Waals surface area contributed by atoms with E-state index < -0.39 is 11.9 Å². The first-order valence-electron chi connectivity index (χ1n) is 12.4. The minimum Gasteiger partial charge on any atom is -0.481 e. The van der Waals surface area contributed by atoms with Gasteiger partial charge in [0.1, 0.15) is 5.03 Å². The monoisotopic (exact) mass is 494 g/mol. The van der Waals surface area contributed by atoms with Gasteiger partial charge in [-0.3, -0.25) is 4.79 Å². The summed E-state index contributed by atoms with van der Waals surface area (Å²) < 4.78 is 0. The van der Waals surface area contributed by atoms with Crippen molar-refractivity contribution in [1.29, 1.82) is 0 Å². The Hall–Kier alpha value is -2.93. The molecule has 35 heavy (non-hydrogen) atoms. The molecule has 2 atom stereocenters. The second kappa shape index (κ2) is 14.5. The van der Waals surface area contributed by atoms with Gasteiger partial charge in [0.05, 0.1) is 6.42 Å². The number of nitrogens with zero attached hydrogens (tertiary/aromatic N) is 2. The number of aromatic nitrogens is 2. The number of aryl methyl sites for hydroxylation is 1. The van der Waals surface area contributed by atoms with E-state index in [-0.39, 0.29) is 17.5 Å². The maximum Gasteiger partial charge on any atom is 0.373 e. The minimum absolute atomic E-state index is 0.0331. The molecule has 0 spiro atoms. The van der Waals surface area contributed by atoms with Crippen LogP contribution in [-0.2, 0) is 11.2 Å². The number of carboxylic acids is 2. The van der Waals surface area contributed by atoms with Crippen LogP contribution >= 0.6 is 11.8 Å². The van der Waals surface area contributed by atoms with Crippen molar-refractivity contribution in [2.75, 3.05) is 0 Å². The summed E-state index contributed by atoms with van der Waals surface area (Å²) in [5.74, 6) is -2.04. The van der Waals surface area contributed by atoms with Gasteiger partial charge in [0, 0.05) is 11.4 Å². The number of aromatic carboxylic acids is 1. The van der Waals surface area contributed by atoms with Gasteiger partial charge in [0.2, 0.25) is 5.82 Å². The highest BCUT2D eigenvalue weighted by molar-refractivity contribution is 8.00. The van der Waals surface area contributed by atoms with Crippen LogP contribution in [-0.4, -0.2) is 37.4 Å². The molecule has 1 aliphatic carbocycles. The minimum atomic E-state index is -1.19. The van der Waals surface area contributed by atoms with Crippen molar-refractivity contribution in [3.05, 3.63) is 77.8 Å². The van der Waals surface area contributed by atoms with E-state index >= 15 is 0 Å². The molecule has 2 unspecified atom stereocenters. The summed E-state index contributed by atoms with van der Waals surface area (Å²) in [4.78, 5) is 30.7. The van der Waals surface area contributed by atoms with Crippen molar-refractivity contribution in [2.45, 2.75) is 74.5 Å². The highest BCUT2D eigenvalue weighted by Gasteiger charge is 2.27. The quantitative estimate of drug-likeness (QED) is 0.164. The maximum atomic E-state index is 11.6. The van der Waals surface area contributed by atoms with E-state index in [4.69, 9.17) is 0 Å². The molecule has 1 aliphatic rings. The molecule has 1 aromatic carbocycles. The topological polar surface area (TPSA) is 100 Å². The van der Waals surface area contributed by atoms with Crippen LogP contribution in [0, 0.1) is 5.92 Å². The average Bonchev–Trinajstić information content (AvgIpc) is 2.86. The van der Waals surface area contributed by atoms with Crippen LogP contribution in [0.5, 0.6) is 0 Å². The molecule has 0 saturated carbocycles. The van der Waals surface area contributed by atoms with Gasteiger partial charge < -0.3 is 10.2 Å². The Morgan fingerprint density at radius 1 is 1.00 bits per heavy atom. The van der Waals surface area contributed by atoms with Crippen LogP contribution in [0.15, 0.2) is 71.4 Å². The zero-order valence-electron chi connectivity index (χ0n) is 20.0. The number of allylic oxidation sites excluding steroid dienone is 3. The van der Waals surface area contributed by atoms with E-state index in [0.717, 1.165) is 31.3 Å². The molecule has 0 saturated heterocycles. The Morgan fingerprint density at radius 3 is 2.49 bits per heavy atom. The van der Waals surface area contributed by atoms with Crippen molar-refractivity contribution in [3.8, 4) is 0 Å². The van der Waals surface area contributed by atoms with Crippen LogP contribution in [0.25, 0.3) is 0 Å². The molecule has 1 heterocycles. The Morgan fingerprint density at radius 2 is 1.74 bits per heavy atom. The van der Waals surface area contributed by atoms with Gasteiger partial charge >= 0.3 is 11.9 Å². The lowest BCUT2D eigenvalue weighted by molar-refractivity contribution is -0.136. The summed E-state index contributed by atoms with van der Waals surface area (Å²) in [7, 11) is 0. The van der Waals surface area contributed by atoms with Gasteiger partial charge in [-0.1, -0.05) is 98.0 Å². The van der Waals surface area contributed by atoms with Crippen LogP contribution in [0.3, 0.4) is 0 Å². The molecule has 0 amide bonds. The molecule has 7 heteroatoms. The number of hydrogen-bond donors (Lipinski definition) is 2.